The first-order valence-electron chi connectivity index (χ1n) is 9.32. The van der Waals surface area contributed by atoms with E-state index in [1.54, 1.807) is 6.07 Å². The fourth-order valence-corrected chi connectivity index (χ4v) is 4.43. The summed E-state index contributed by atoms with van der Waals surface area (Å²) < 4.78 is 33.4. The molecule has 0 fully saturated rings. The zero-order valence-electron chi connectivity index (χ0n) is 17.1. The Kier molecular flexibility index (Phi) is 7.56. The zero-order valence-corrected chi connectivity index (χ0v) is 20.2. The number of ether oxygens (including phenoxy) is 1. The van der Waals surface area contributed by atoms with Gasteiger partial charge in [-0.05, 0) is 67.4 Å². The number of sulfonamides is 1. The number of amides is 1. The molecule has 0 aliphatic heterocycles. The quantitative estimate of drug-likeness (QED) is 0.375. The van der Waals surface area contributed by atoms with Crippen molar-refractivity contribution in [3.8, 4) is 5.75 Å². The highest BCUT2D eigenvalue weighted by molar-refractivity contribution is 7.92. The SMILES string of the molecule is Cc1ccc(C)c(NS(=O)(=O)c2ccc(OCC(=O)Nc3cc(Cl)c(Cl)cc3Cl)cc2)c1. The van der Waals surface area contributed by atoms with Gasteiger partial charge in [0.25, 0.3) is 15.9 Å². The first-order valence-corrected chi connectivity index (χ1v) is 11.9. The van der Waals surface area contributed by atoms with Gasteiger partial charge in [0.15, 0.2) is 6.61 Å². The van der Waals surface area contributed by atoms with Gasteiger partial charge in [0.1, 0.15) is 5.75 Å². The first-order chi connectivity index (χ1) is 15.0. The number of nitrogens with one attached hydrogen (secondary N) is 2. The zero-order chi connectivity index (χ0) is 23.5. The van der Waals surface area contributed by atoms with Gasteiger partial charge in [-0.1, -0.05) is 46.9 Å². The fourth-order valence-electron chi connectivity index (χ4n) is 2.72. The highest BCUT2D eigenvalue weighted by atomic mass is 35.5. The van der Waals surface area contributed by atoms with Crippen molar-refractivity contribution in [1.82, 2.24) is 0 Å². The number of rotatable bonds is 7. The second kappa shape index (κ2) is 10.0. The van der Waals surface area contributed by atoms with Crippen LogP contribution >= 0.6 is 34.8 Å². The molecule has 0 spiro atoms. The molecule has 168 valence electrons. The molecule has 0 saturated heterocycles. The average Bonchev–Trinajstić information content (AvgIpc) is 2.73. The minimum Gasteiger partial charge on any atom is -0.484 e. The Labute approximate surface area is 201 Å². The van der Waals surface area contributed by atoms with E-state index in [-0.39, 0.29) is 26.6 Å². The van der Waals surface area contributed by atoms with Gasteiger partial charge in [0, 0.05) is 0 Å². The summed E-state index contributed by atoms with van der Waals surface area (Å²) in [6, 6.07) is 14.1. The maximum atomic E-state index is 12.7. The van der Waals surface area contributed by atoms with Gasteiger partial charge in [0.05, 0.1) is 31.3 Å². The maximum absolute atomic E-state index is 12.7. The third kappa shape index (κ3) is 6.07. The van der Waals surface area contributed by atoms with E-state index in [0.29, 0.717) is 17.1 Å². The lowest BCUT2D eigenvalue weighted by atomic mass is 10.1. The van der Waals surface area contributed by atoms with Crippen LogP contribution in [0.25, 0.3) is 0 Å². The summed E-state index contributed by atoms with van der Waals surface area (Å²) >= 11 is 17.8. The van der Waals surface area contributed by atoms with Crippen molar-refractivity contribution in [2.24, 2.45) is 0 Å². The first kappa shape index (κ1) is 24.2. The number of carbonyl (C=O) groups excluding carboxylic acids is 1. The number of aryl methyl sites for hydroxylation is 2. The van der Waals surface area contributed by atoms with Gasteiger partial charge < -0.3 is 10.1 Å². The molecule has 3 rings (SSSR count). The lowest BCUT2D eigenvalue weighted by Gasteiger charge is -2.12. The Morgan fingerprint density at radius 2 is 1.53 bits per heavy atom. The molecule has 0 atom stereocenters. The van der Waals surface area contributed by atoms with Gasteiger partial charge in [-0.2, -0.15) is 0 Å². The van der Waals surface area contributed by atoms with Crippen LogP contribution in [0, 0.1) is 13.8 Å². The van der Waals surface area contributed by atoms with Gasteiger partial charge >= 0.3 is 0 Å². The third-order valence-electron chi connectivity index (χ3n) is 4.43. The van der Waals surface area contributed by atoms with Crippen molar-refractivity contribution >= 4 is 62.1 Å². The summed E-state index contributed by atoms with van der Waals surface area (Å²) in [5.74, 6) is -0.148. The van der Waals surface area contributed by atoms with E-state index in [1.165, 1.54) is 36.4 Å². The minimum atomic E-state index is -3.78. The molecule has 0 saturated carbocycles. The van der Waals surface area contributed by atoms with Crippen molar-refractivity contribution in [1.29, 1.82) is 0 Å². The summed E-state index contributed by atoms with van der Waals surface area (Å²) in [4.78, 5) is 12.2. The smallest absolute Gasteiger partial charge is 0.262 e. The molecule has 0 bridgehead atoms. The molecular formula is C22H19Cl3N2O4S. The van der Waals surface area contributed by atoms with E-state index in [9.17, 15) is 13.2 Å². The normalized spacial score (nSPS) is 11.2. The summed E-state index contributed by atoms with van der Waals surface area (Å²) in [5, 5.41) is 3.33. The largest absolute Gasteiger partial charge is 0.484 e. The number of hydrogen-bond donors (Lipinski definition) is 2. The van der Waals surface area contributed by atoms with Gasteiger partial charge in [-0.3, -0.25) is 9.52 Å². The van der Waals surface area contributed by atoms with Crippen LogP contribution in [0.4, 0.5) is 11.4 Å². The van der Waals surface area contributed by atoms with Crippen LogP contribution in [-0.4, -0.2) is 20.9 Å². The van der Waals surface area contributed by atoms with Crippen LogP contribution in [0.5, 0.6) is 5.75 Å². The van der Waals surface area contributed by atoms with E-state index >= 15 is 0 Å². The van der Waals surface area contributed by atoms with E-state index < -0.39 is 15.9 Å². The lowest BCUT2D eigenvalue weighted by molar-refractivity contribution is -0.118. The van der Waals surface area contributed by atoms with Gasteiger partial charge in [-0.15, -0.1) is 0 Å². The standard InChI is InChI=1S/C22H19Cl3N2O4S/c1-13-3-4-14(2)20(9-13)27-32(29,30)16-7-5-15(6-8-16)31-12-22(28)26-21-11-18(24)17(23)10-19(21)25/h3-11,27H,12H2,1-2H3,(H,26,28). The van der Waals surface area contributed by atoms with Crippen molar-refractivity contribution in [3.05, 3.63) is 80.8 Å². The van der Waals surface area contributed by atoms with Crippen LogP contribution in [0.2, 0.25) is 15.1 Å². The average molecular weight is 514 g/mol. The molecule has 0 unspecified atom stereocenters. The topological polar surface area (TPSA) is 84.5 Å². The van der Waals surface area contributed by atoms with Crippen LogP contribution in [0.1, 0.15) is 11.1 Å². The second-order valence-electron chi connectivity index (χ2n) is 6.98. The fraction of sp³-hybridized carbons (Fsp3) is 0.136. The van der Waals surface area contributed by atoms with E-state index in [2.05, 4.69) is 10.0 Å². The number of anilines is 2. The molecule has 0 aromatic heterocycles. The van der Waals surface area contributed by atoms with Crippen molar-refractivity contribution < 1.29 is 17.9 Å². The molecule has 10 heteroatoms. The number of carbonyl (C=O) groups is 1. The minimum absolute atomic E-state index is 0.0674. The highest BCUT2D eigenvalue weighted by Gasteiger charge is 2.16. The Bertz CT molecular complexity index is 1260. The third-order valence-corrected chi connectivity index (χ3v) is 6.84. The van der Waals surface area contributed by atoms with Crippen LogP contribution in [0.3, 0.4) is 0 Å². The maximum Gasteiger partial charge on any atom is 0.262 e. The van der Waals surface area contributed by atoms with Crippen LogP contribution in [-0.2, 0) is 14.8 Å². The number of halogens is 3. The Balaban J connectivity index is 1.62. The molecular weight excluding hydrogens is 495 g/mol. The predicted molar refractivity (Wildman–Crippen MR) is 129 cm³/mol. The van der Waals surface area contributed by atoms with Crippen molar-refractivity contribution in [2.75, 3.05) is 16.6 Å². The van der Waals surface area contributed by atoms with E-state index in [0.717, 1.165) is 11.1 Å². The molecule has 0 aliphatic rings. The molecule has 3 aromatic carbocycles. The Morgan fingerprint density at radius 3 is 2.22 bits per heavy atom. The molecule has 3 aromatic rings. The number of hydrogen-bond acceptors (Lipinski definition) is 4. The van der Waals surface area contributed by atoms with E-state index in [1.807, 2.05) is 26.0 Å². The van der Waals surface area contributed by atoms with Crippen molar-refractivity contribution in [3.63, 3.8) is 0 Å². The lowest BCUT2D eigenvalue weighted by Crippen LogP contribution is -2.20. The molecule has 0 aliphatic carbocycles. The molecule has 0 heterocycles. The van der Waals surface area contributed by atoms with Crippen LogP contribution in [0.15, 0.2) is 59.5 Å². The monoisotopic (exact) mass is 512 g/mol. The Morgan fingerprint density at radius 1 is 0.875 bits per heavy atom. The highest BCUT2D eigenvalue weighted by Crippen LogP contribution is 2.32. The molecule has 2 N–H and O–H groups in total. The molecule has 32 heavy (non-hydrogen) atoms. The number of benzene rings is 3. The molecule has 6 nitrogen and oxygen atoms in total. The molecule has 0 radical (unpaired) electrons. The second-order valence-corrected chi connectivity index (χ2v) is 9.88. The van der Waals surface area contributed by atoms with E-state index in [4.69, 9.17) is 39.5 Å². The van der Waals surface area contributed by atoms with Gasteiger partial charge in [-0.25, -0.2) is 8.42 Å². The summed E-state index contributed by atoms with van der Waals surface area (Å²) in [6.45, 7) is 3.39. The predicted octanol–water partition coefficient (Wildman–Crippen LogP) is 6.08. The molecule has 1 amide bonds. The Hall–Kier alpha value is -2.45. The summed E-state index contributed by atoms with van der Waals surface area (Å²) in [5.41, 5.74) is 2.57. The summed E-state index contributed by atoms with van der Waals surface area (Å²) in [6.07, 6.45) is 0. The van der Waals surface area contributed by atoms with Crippen molar-refractivity contribution in [2.45, 2.75) is 18.7 Å². The van der Waals surface area contributed by atoms with Gasteiger partial charge in [0.2, 0.25) is 0 Å². The van der Waals surface area contributed by atoms with Crippen LogP contribution < -0.4 is 14.8 Å². The summed E-state index contributed by atoms with van der Waals surface area (Å²) in [7, 11) is -3.78.